The van der Waals surface area contributed by atoms with Gasteiger partial charge in [-0.25, -0.2) is 0 Å². The molecule has 0 radical (unpaired) electrons. The summed E-state index contributed by atoms with van der Waals surface area (Å²) < 4.78 is 0. The normalized spacial score (nSPS) is 20.3. The number of nitrogens with zero attached hydrogens (tertiary/aromatic N) is 2. The summed E-state index contributed by atoms with van der Waals surface area (Å²) in [6, 6.07) is 13.7. The molecule has 4 rings (SSSR count). The third-order valence-corrected chi connectivity index (χ3v) is 8.00. The smallest absolute Gasteiger partial charge is 0.247 e. The van der Waals surface area contributed by atoms with Gasteiger partial charge in [-0.05, 0) is 87.6 Å². The molecule has 7 heteroatoms. The maximum Gasteiger partial charge on any atom is 0.247 e. The standard InChI is InChI=1S/C32H44N4O3/c1-7-35(8-2)26-15-13-22(14-16-26)29(31(38)33-21(5)6)36-27(17-20(3)4)30(37)34-28(32(36)39)25-18-23-11-9-10-12-24(23)19-25/h9-16,20-21,25,27-29H,7-8,17-19H2,1-6H3,(H,33,38)(H,34,37). The van der Waals surface area contributed by atoms with Crippen molar-refractivity contribution in [3.63, 3.8) is 0 Å². The third kappa shape index (κ3) is 6.13. The first-order valence-electron chi connectivity index (χ1n) is 14.5. The van der Waals surface area contributed by atoms with Crippen molar-refractivity contribution in [1.82, 2.24) is 15.5 Å². The molecule has 39 heavy (non-hydrogen) atoms. The summed E-state index contributed by atoms with van der Waals surface area (Å²) in [6.07, 6.45) is 1.95. The Morgan fingerprint density at radius 3 is 2.08 bits per heavy atom. The molecule has 1 saturated heterocycles. The SMILES string of the molecule is CCN(CC)c1ccc(C(C(=O)NC(C)C)N2C(=O)C(C3Cc4ccccc4C3)NC(=O)C2CC(C)C)cc1. The fourth-order valence-corrected chi connectivity index (χ4v) is 6.13. The number of fused-ring (bicyclic) bond motifs is 1. The van der Waals surface area contributed by atoms with Crippen LogP contribution in [0.4, 0.5) is 5.69 Å². The minimum absolute atomic E-state index is 0.0415. The van der Waals surface area contributed by atoms with Crippen LogP contribution in [0.25, 0.3) is 0 Å². The Labute approximate surface area is 233 Å². The molecule has 0 saturated carbocycles. The highest BCUT2D eigenvalue weighted by molar-refractivity contribution is 6.00. The van der Waals surface area contributed by atoms with Gasteiger partial charge in [-0.15, -0.1) is 0 Å². The lowest BCUT2D eigenvalue weighted by molar-refractivity contribution is -0.158. The van der Waals surface area contributed by atoms with E-state index in [1.54, 1.807) is 4.90 Å². The number of hydrogen-bond acceptors (Lipinski definition) is 4. The van der Waals surface area contributed by atoms with Crippen LogP contribution in [0.1, 0.15) is 70.7 Å². The fraction of sp³-hybridized carbons (Fsp3) is 0.531. The van der Waals surface area contributed by atoms with Crippen molar-refractivity contribution < 1.29 is 14.4 Å². The van der Waals surface area contributed by atoms with E-state index in [0.717, 1.165) is 31.6 Å². The van der Waals surface area contributed by atoms with Gasteiger partial charge < -0.3 is 20.4 Å². The Morgan fingerprint density at radius 1 is 0.974 bits per heavy atom. The first kappa shape index (κ1) is 28.7. The van der Waals surface area contributed by atoms with Crippen LogP contribution >= 0.6 is 0 Å². The molecule has 1 aliphatic heterocycles. The number of carbonyl (C=O) groups excluding carboxylic acids is 3. The van der Waals surface area contributed by atoms with Crippen LogP contribution in [0.3, 0.4) is 0 Å². The van der Waals surface area contributed by atoms with Gasteiger partial charge in [0.1, 0.15) is 18.1 Å². The summed E-state index contributed by atoms with van der Waals surface area (Å²) in [5.74, 6) is -0.477. The first-order chi connectivity index (χ1) is 18.6. The number of nitrogens with one attached hydrogen (secondary N) is 2. The molecule has 3 amide bonds. The molecule has 2 N–H and O–H groups in total. The van der Waals surface area contributed by atoms with Crippen LogP contribution in [0.5, 0.6) is 0 Å². The number of hydrogen-bond donors (Lipinski definition) is 2. The molecule has 1 heterocycles. The largest absolute Gasteiger partial charge is 0.372 e. The highest BCUT2D eigenvalue weighted by atomic mass is 16.2. The number of rotatable bonds is 10. The van der Waals surface area contributed by atoms with Gasteiger partial charge in [-0.1, -0.05) is 50.2 Å². The van der Waals surface area contributed by atoms with E-state index in [1.807, 2.05) is 64.1 Å². The van der Waals surface area contributed by atoms with Crippen molar-refractivity contribution in [1.29, 1.82) is 0 Å². The van der Waals surface area contributed by atoms with Crippen LogP contribution < -0.4 is 15.5 Å². The Kier molecular flexibility index (Phi) is 8.98. The molecule has 2 aromatic carbocycles. The van der Waals surface area contributed by atoms with Crippen molar-refractivity contribution >= 4 is 23.4 Å². The van der Waals surface area contributed by atoms with E-state index in [4.69, 9.17) is 0 Å². The van der Waals surface area contributed by atoms with Crippen LogP contribution in [0, 0.1) is 11.8 Å². The molecule has 0 spiro atoms. The van der Waals surface area contributed by atoms with Crippen LogP contribution in [-0.4, -0.2) is 53.8 Å². The number of piperazine rings is 1. The fourth-order valence-electron chi connectivity index (χ4n) is 6.13. The van der Waals surface area contributed by atoms with Crippen LogP contribution in [-0.2, 0) is 27.2 Å². The summed E-state index contributed by atoms with van der Waals surface area (Å²) in [4.78, 5) is 45.8. The molecule has 0 aromatic heterocycles. The second kappa shape index (κ2) is 12.2. The van der Waals surface area contributed by atoms with E-state index >= 15 is 0 Å². The molecule has 210 valence electrons. The summed E-state index contributed by atoms with van der Waals surface area (Å²) in [7, 11) is 0. The van der Waals surface area contributed by atoms with E-state index in [-0.39, 0.29) is 35.6 Å². The Hall–Kier alpha value is -3.35. The lowest BCUT2D eigenvalue weighted by atomic mass is 9.88. The van der Waals surface area contributed by atoms with Gasteiger partial charge in [0.15, 0.2) is 0 Å². The second-order valence-corrected chi connectivity index (χ2v) is 11.6. The summed E-state index contributed by atoms with van der Waals surface area (Å²) in [6.45, 7) is 13.9. The van der Waals surface area contributed by atoms with Crippen molar-refractivity contribution in [2.45, 2.75) is 85.0 Å². The van der Waals surface area contributed by atoms with Gasteiger partial charge in [0.05, 0.1) is 0 Å². The van der Waals surface area contributed by atoms with Gasteiger partial charge in [0.25, 0.3) is 0 Å². The molecule has 2 aromatic rings. The Bertz CT molecular complexity index is 1150. The molecule has 7 nitrogen and oxygen atoms in total. The zero-order valence-electron chi connectivity index (χ0n) is 24.2. The highest BCUT2D eigenvalue weighted by Gasteiger charge is 2.49. The lowest BCUT2D eigenvalue weighted by Gasteiger charge is -2.45. The maximum absolute atomic E-state index is 14.4. The minimum atomic E-state index is -0.897. The number of amides is 3. The zero-order chi connectivity index (χ0) is 28.3. The first-order valence-corrected chi connectivity index (χ1v) is 14.5. The van der Waals surface area contributed by atoms with Gasteiger partial charge in [-0.2, -0.15) is 0 Å². The van der Waals surface area contributed by atoms with Crippen LogP contribution in [0.2, 0.25) is 0 Å². The second-order valence-electron chi connectivity index (χ2n) is 11.6. The average Bonchev–Trinajstić information content (AvgIpc) is 3.33. The monoisotopic (exact) mass is 532 g/mol. The quantitative estimate of drug-likeness (QED) is 0.479. The predicted octanol–water partition coefficient (Wildman–Crippen LogP) is 4.26. The lowest BCUT2D eigenvalue weighted by Crippen LogP contribution is -2.67. The van der Waals surface area contributed by atoms with Crippen molar-refractivity contribution in [3.05, 3.63) is 65.2 Å². The van der Waals surface area contributed by atoms with E-state index < -0.39 is 18.1 Å². The molecular formula is C32H44N4O3. The number of carbonyl (C=O) groups is 3. The van der Waals surface area contributed by atoms with Gasteiger partial charge in [-0.3, -0.25) is 14.4 Å². The van der Waals surface area contributed by atoms with Crippen molar-refractivity contribution in [2.75, 3.05) is 18.0 Å². The van der Waals surface area contributed by atoms with Gasteiger partial charge >= 0.3 is 0 Å². The van der Waals surface area contributed by atoms with Crippen molar-refractivity contribution in [3.8, 4) is 0 Å². The zero-order valence-corrected chi connectivity index (χ0v) is 24.2. The highest BCUT2D eigenvalue weighted by Crippen LogP contribution is 2.35. The molecule has 3 unspecified atom stereocenters. The van der Waals surface area contributed by atoms with Crippen LogP contribution in [0.15, 0.2) is 48.5 Å². The molecule has 2 aliphatic rings. The average molecular weight is 533 g/mol. The maximum atomic E-state index is 14.4. The van der Waals surface area contributed by atoms with Gasteiger partial charge in [0.2, 0.25) is 17.7 Å². The Morgan fingerprint density at radius 2 is 1.56 bits per heavy atom. The minimum Gasteiger partial charge on any atom is -0.372 e. The summed E-state index contributed by atoms with van der Waals surface area (Å²) in [5.41, 5.74) is 4.23. The predicted molar refractivity (Wildman–Crippen MR) is 155 cm³/mol. The molecule has 0 bridgehead atoms. The number of anilines is 1. The molecule has 3 atom stereocenters. The number of benzene rings is 2. The van der Waals surface area contributed by atoms with Gasteiger partial charge in [0, 0.05) is 24.8 Å². The van der Waals surface area contributed by atoms with E-state index in [0.29, 0.717) is 12.0 Å². The topological polar surface area (TPSA) is 81.8 Å². The summed E-state index contributed by atoms with van der Waals surface area (Å²) >= 11 is 0. The molecule has 1 aliphatic carbocycles. The van der Waals surface area contributed by atoms with E-state index in [1.165, 1.54) is 11.1 Å². The Balaban J connectivity index is 1.75. The van der Waals surface area contributed by atoms with E-state index in [2.05, 4.69) is 41.5 Å². The summed E-state index contributed by atoms with van der Waals surface area (Å²) in [5, 5.41) is 6.12. The van der Waals surface area contributed by atoms with E-state index in [9.17, 15) is 14.4 Å². The third-order valence-electron chi connectivity index (χ3n) is 8.00. The molecule has 1 fully saturated rings. The van der Waals surface area contributed by atoms with Crippen molar-refractivity contribution in [2.24, 2.45) is 11.8 Å². The molecular weight excluding hydrogens is 488 g/mol.